The highest BCUT2D eigenvalue weighted by molar-refractivity contribution is 5.85. The Morgan fingerprint density at radius 1 is 1.07 bits per heavy atom. The van der Waals surface area contributed by atoms with E-state index in [4.69, 9.17) is 14.8 Å². The summed E-state index contributed by atoms with van der Waals surface area (Å²) >= 11 is 0. The summed E-state index contributed by atoms with van der Waals surface area (Å²) in [4.78, 5) is 7.34. The van der Waals surface area contributed by atoms with E-state index in [1.54, 1.807) is 7.11 Å². The first kappa shape index (κ1) is 23.7. The zero-order valence-electron chi connectivity index (χ0n) is 18.6. The maximum Gasteiger partial charge on any atom is 0.245 e. The Morgan fingerprint density at radius 3 is 2.40 bits per heavy atom. The first-order chi connectivity index (χ1) is 14.1. The van der Waals surface area contributed by atoms with Gasteiger partial charge in [-0.15, -0.1) is 17.5 Å². The van der Waals surface area contributed by atoms with Crippen LogP contribution in [0.2, 0.25) is 0 Å². The molecule has 0 fully saturated rings. The Hall–Kier alpha value is -2.53. The predicted octanol–water partition coefficient (Wildman–Crippen LogP) is 5.98. The van der Waals surface area contributed by atoms with Crippen molar-refractivity contribution in [1.29, 1.82) is 0 Å². The molecular weight excluding hydrogens is 396 g/mol. The molecule has 0 aliphatic rings. The molecule has 3 rings (SSSR count). The molecule has 0 aliphatic carbocycles. The zero-order chi connectivity index (χ0) is 20.8. The van der Waals surface area contributed by atoms with E-state index in [-0.39, 0.29) is 18.4 Å². The molecule has 0 N–H and O–H groups in total. The second kappa shape index (κ2) is 11.0. The molecule has 1 aromatic heterocycles. The molecule has 0 radical (unpaired) electrons. The molecule has 0 saturated carbocycles. The topological polar surface area (TPSA) is 43.2 Å². The van der Waals surface area contributed by atoms with Crippen LogP contribution >= 0.6 is 12.4 Å². The van der Waals surface area contributed by atoms with Gasteiger partial charge in [-0.05, 0) is 49.1 Å². The number of hydrogen-bond acceptors (Lipinski definition) is 4. The minimum absolute atomic E-state index is 0. The summed E-state index contributed by atoms with van der Waals surface area (Å²) in [5.74, 6) is 2.53. The number of hydrogen-bond donors (Lipinski definition) is 0. The maximum absolute atomic E-state index is 5.35. The number of anilines is 1. The average Bonchev–Trinajstić information content (AvgIpc) is 3.12. The quantitative estimate of drug-likeness (QED) is 0.420. The van der Waals surface area contributed by atoms with Crippen molar-refractivity contribution >= 4 is 18.4 Å². The van der Waals surface area contributed by atoms with Gasteiger partial charge in [0.2, 0.25) is 5.95 Å². The fraction of sp³-hybridized carbons (Fsp3) is 0.417. The van der Waals surface area contributed by atoms with Crippen molar-refractivity contribution in [2.75, 3.05) is 18.6 Å². The monoisotopic (exact) mass is 428 g/mol. The summed E-state index contributed by atoms with van der Waals surface area (Å²) in [6.07, 6.45) is 3.22. The fourth-order valence-corrected chi connectivity index (χ4v) is 3.83. The third-order valence-electron chi connectivity index (χ3n) is 5.27. The van der Waals surface area contributed by atoms with Gasteiger partial charge in [-0.3, -0.25) is 0 Å². The number of nitrogens with zero attached hydrogens (tertiary/aromatic N) is 4. The maximum atomic E-state index is 5.35. The molecule has 1 atom stereocenters. The van der Waals surface area contributed by atoms with E-state index in [0.29, 0.717) is 0 Å². The second-order valence-corrected chi connectivity index (χ2v) is 7.45. The molecule has 2 aromatic carbocycles. The summed E-state index contributed by atoms with van der Waals surface area (Å²) in [6, 6.07) is 17.1. The number of halogens is 1. The van der Waals surface area contributed by atoms with Gasteiger partial charge in [-0.1, -0.05) is 50.6 Å². The van der Waals surface area contributed by atoms with E-state index >= 15 is 0 Å². The van der Waals surface area contributed by atoms with E-state index in [1.165, 1.54) is 5.56 Å². The molecule has 6 heteroatoms. The third kappa shape index (κ3) is 5.14. The molecule has 0 unspecified atom stereocenters. The lowest BCUT2D eigenvalue weighted by Gasteiger charge is -2.31. The number of ether oxygens (including phenoxy) is 1. The van der Waals surface area contributed by atoms with Crippen LogP contribution in [0.4, 0.5) is 5.95 Å². The number of rotatable bonds is 9. The van der Waals surface area contributed by atoms with Crippen molar-refractivity contribution in [3.8, 4) is 17.1 Å². The van der Waals surface area contributed by atoms with Gasteiger partial charge >= 0.3 is 0 Å². The second-order valence-electron chi connectivity index (χ2n) is 7.45. The molecule has 1 heterocycles. The van der Waals surface area contributed by atoms with Crippen LogP contribution in [0.3, 0.4) is 0 Å². The van der Waals surface area contributed by atoms with Crippen LogP contribution in [0.5, 0.6) is 5.75 Å². The van der Waals surface area contributed by atoms with Gasteiger partial charge in [0.25, 0.3) is 0 Å². The number of aryl methyl sites for hydroxylation is 2. The summed E-state index contributed by atoms with van der Waals surface area (Å²) in [7, 11) is 3.66. The first-order valence-electron chi connectivity index (χ1n) is 10.5. The number of methoxy groups -OCH3 is 1. The highest BCUT2D eigenvalue weighted by Gasteiger charge is 2.24. The van der Waals surface area contributed by atoms with Gasteiger partial charge in [0, 0.05) is 19.2 Å². The van der Waals surface area contributed by atoms with Crippen molar-refractivity contribution in [1.82, 2.24) is 14.8 Å². The Labute approximate surface area is 186 Å². The van der Waals surface area contributed by atoms with E-state index in [1.807, 2.05) is 23.9 Å². The minimum atomic E-state index is 0. The summed E-state index contributed by atoms with van der Waals surface area (Å²) in [6.45, 7) is 7.45. The lowest BCUT2D eigenvalue weighted by Crippen LogP contribution is -2.30. The highest BCUT2D eigenvalue weighted by Crippen LogP contribution is 2.32. The normalized spacial score (nSPS) is 11.6. The van der Waals surface area contributed by atoms with Gasteiger partial charge in [0.15, 0.2) is 5.82 Å². The molecular formula is C24H33ClN4O. The lowest BCUT2D eigenvalue weighted by molar-refractivity contribution is 0.414. The highest BCUT2D eigenvalue weighted by atomic mass is 35.5. The number of aromatic nitrogens is 3. The van der Waals surface area contributed by atoms with Gasteiger partial charge in [-0.2, -0.15) is 4.98 Å². The van der Waals surface area contributed by atoms with Crippen molar-refractivity contribution < 1.29 is 4.74 Å². The lowest BCUT2D eigenvalue weighted by atomic mass is 10.0. The van der Waals surface area contributed by atoms with Crippen molar-refractivity contribution in [3.63, 3.8) is 0 Å². The van der Waals surface area contributed by atoms with E-state index < -0.39 is 0 Å². The smallest absolute Gasteiger partial charge is 0.245 e. The molecule has 162 valence electrons. The van der Waals surface area contributed by atoms with Crippen molar-refractivity contribution in [3.05, 3.63) is 59.7 Å². The van der Waals surface area contributed by atoms with Gasteiger partial charge in [0.1, 0.15) is 5.75 Å². The van der Waals surface area contributed by atoms with E-state index in [0.717, 1.165) is 54.5 Å². The predicted molar refractivity (Wildman–Crippen MR) is 127 cm³/mol. The summed E-state index contributed by atoms with van der Waals surface area (Å²) in [5.41, 5.74) is 3.52. The summed E-state index contributed by atoms with van der Waals surface area (Å²) in [5, 5.41) is 4.82. The summed E-state index contributed by atoms with van der Waals surface area (Å²) < 4.78 is 7.24. The Kier molecular flexibility index (Phi) is 8.72. The molecule has 3 aromatic rings. The Bertz CT molecular complexity index is 926. The third-order valence-corrected chi connectivity index (χ3v) is 5.27. The Morgan fingerprint density at radius 2 is 1.80 bits per heavy atom. The van der Waals surface area contributed by atoms with Crippen LogP contribution in [-0.2, 0) is 7.05 Å². The zero-order valence-corrected chi connectivity index (χ0v) is 19.4. The first-order valence-corrected chi connectivity index (χ1v) is 10.5. The largest absolute Gasteiger partial charge is 0.497 e. The molecule has 0 spiro atoms. The van der Waals surface area contributed by atoms with E-state index in [2.05, 4.69) is 62.1 Å². The Balaban J connectivity index is 0.00000320. The van der Waals surface area contributed by atoms with Crippen LogP contribution in [0.1, 0.15) is 50.3 Å². The molecule has 0 saturated heterocycles. The standard InChI is InChI=1S/C24H32N4O.ClH/c1-6-11-22(19-12-9-8-10-13-19)28(16-7-2)24-25-23(27(4)26-24)21-15-14-20(29-5)17-18(21)3;/h8-10,12-15,17,22H,6-7,11,16H2,1-5H3;1H/t22-;/m0./s1. The SMILES string of the molecule is CCC[C@@H](c1ccccc1)N(CCC)c1nc(-c2ccc(OC)cc2C)n(C)n1.Cl. The average molecular weight is 429 g/mol. The molecule has 5 nitrogen and oxygen atoms in total. The van der Waals surface area contributed by atoms with Crippen molar-refractivity contribution in [2.45, 2.75) is 46.1 Å². The van der Waals surface area contributed by atoms with E-state index in [9.17, 15) is 0 Å². The number of benzene rings is 2. The molecule has 0 amide bonds. The fourth-order valence-electron chi connectivity index (χ4n) is 3.83. The van der Waals surface area contributed by atoms with Gasteiger partial charge in [-0.25, -0.2) is 4.68 Å². The van der Waals surface area contributed by atoms with Crippen molar-refractivity contribution in [2.24, 2.45) is 7.05 Å². The van der Waals surface area contributed by atoms with Crippen LogP contribution < -0.4 is 9.64 Å². The van der Waals surface area contributed by atoms with Gasteiger partial charge in [0.05, 0.1) is 13.2 Å². The molecule has 0 bridgehead atoms. The van der Waals surface area contributed by atoms with Crippen LogP contribution in [-0.4, -0.2) is 28.4 Å². The van der Waals surface area contributed by atoms with Crippen LogP contribution in [0.25, 0.3) is 11.4 Å². The molecule has 30 heavy (non-hydrogen) atoms. The molecule has 0 aliphatic heterocycles. The van der Waals surface area contributed by atoms with Gasteiger partial charge < -0.3 is 9.64 Å². The van der Waals surface area contributed by atoms with Crippen LogP contribution in [0, 0.1) is 6.92 Å². The minimum Gasteiger partial charge on any atom is -0.497 e. The van der Waals surface area contributed by atoms with Crippen LogP contribution in [0.15, 0.2) is 48.5 Å².